The van der Waals surface area contributed by atoms with Crippen LogP contribution in [0.5, 0.6) is 0 Å². The first-order valence-electron chi connectivity index (χ1n) is 15.0. The van der Waals surface area contributed by atoms with Crippen LogP contribution in [0.1, 0.15) is 30.4 Å². The predicted octanol–water partition coefficient (Wildman–Crippen LogP) is 3.74. The average molecular weight is 579 g/mol. The number of piperidine rings is 2. The second-order valence-electron chi connectivity index (χ2n) is 11.9. The van der Waals surface area contributed by atoms with Crippen LogP contribution in [-0.2, 0) is 18.2 Å². The minimum atomic E-state index is -0.198. The van der Waals surface area contributed by atoms with Crippen LogP contribution in [0.4, 0.5) is 14.9 Å². The molecule has 2 aliphatic rings. The number of aryl methyl sites for hydroxylation is 2. The number of carbonyl (C=O) groups excluding carboxylic acids is 1. The number of nitrogens with zero attached hydrogens (tertiary/aromatic N) is 6. The molecule has 2 saturated heterocycles. The van der Waals surface area contributed by atoms with Gasteiger partial charge in [-0.15, -0.1) is 5.10 Å². The van der Waals surface area contributed by atoms with Gasteiger partial charge in [-0.3, -0.25) is 0 Å². The minimum absolute atomic E-state index is 0.0634. The van der Waals surface area contributed by atoms with Crippen molar-refractivity contribution in [2.45, 2.75) is 38.6 Å². The van der Waals surface area contributed by atoms with Crippen LogP contribution in [0.2, 0.25) is 0 Å². The van der Waals surface area contributed by atoms with E-state index >= 15 is 0 Å². The summed E-state index contributed by atoms with van der Waals surface area (Å²) in [5.41, 5.74) is 3.76. The smallest absolute Gasteiger partial charge is 0.319 e. The molecule has 2 fully saturated rings. The Labute approximate surface area is 247 Å². The third-order valence-electron chi connectivity index (χ3n) is 8.49. The lowest BCUT2D eigenvalue weighted by Crippen LogP contribution is -2.56. The van der Waals surface area contributed by atoms with Gasteiger partial charge in [-0.1, -0.05) is 12.1 Å². The van der Waals surface area contributed by atoms with Gasteiger partial charge in [-0.05, 0) is 97.0 Å². The van der Waals surface area contributed by atoms with Crippen LogP contribution in [0.15, 0.2) is 42.5 Å². The van der Waals surface area contributed by atoms with E-state index in [-0.39, 0.29) is 17.9 Å². The summed E-state index contributed by atoms with van der Waals surface area (Å²) in [6, 6.07) is 12.6. The molecular formula is C31H43FN8O2. The fourth-order valence-electron chi connectivity index (χ4n) is 6.47. The standard InChI is InChI=1S/C31H43FN8O2/c1-22-15-25(30-35-36-37-38(30)2)18-28(16-22)33-31(41)34-29-10-12-39(13-14-42-3)20-26(29)21-40-11-4-5-24(19-40)17-23-6-8-27(32)9-7-23/h6-9,15-16,18,24,26,29H,4-5,10-14,17,19-21H2,1-3H3,(H2,33,34,41)/t24-,26-,29+/m0/s1. The Hall–Kier alpha value is -3.41. The fourth-order valence-corrected chi connectivity index (χ4v) is 6.47. The number of hydrogen-bond acceptors (Lipinski definition) is 7. The second-order valence-corrected chi connectivity index (χ2v) is 11.9. The Balaban J connectivity index is 1.22. The van der Waals surface area contributed by atoms with Gasteiger partial charge in [0.1, 0.15) is 5.82 Å². The third-order valence-corrected chi connectivity index (χ3v) is 8.49. The van der Waals surface area contributed by atoms with Crippen molar-refractivity contribution in [1.29, 1.82) is 0 Å². The number of urea groups is 1. The topological polar surface area (TPSA) is 100 Å². The number of rotatable bonds is 10. The summed E-state index contributed by atoms with van der Waals surface area (Å²) in [4.78, 5) is 18.3. The van der Waals surface area contributed by atoms with E-state index in [9.17, 15) is 9.18 Å². The zero-order valence-corrected chi connectivity index (χ0v) is 24.9. The quantitative estimate of drug-likeness (QED) is 0.378. The summed E-state index contributed by atoms with van der Waals surface area (Å²) in [5, 5.41) is 18.1. The summed E-state index contributed by atoms with van der Waals surface area (Å²) in [6.45, 7) is 8.44. The predicted molar refractivity (Wildman–Crippen MR) is 161 cm³/mol. The molecule has 2 amide bonds. The molecule has 0 aliphatic carbocycles. The van der Waals surface area contributed by atoms with Gasteiger partial charge in [0.25, 0.3) is 0 Å². The molecule has 2 aromatic carbocycles. The molecule has 5 rings (SSSR count). The van der Waals surface area contributed by atoms with Crippen molar-refractivity contribution in [1.82, 2.24) is 35.3 Å². The molecule has 0 bridgehead atoms. The number of amides is 2. The number of benzene rings is 2. The first-order chi connectivity index (χ1) is 20.4. The number of likely N-dealkylation sites (tertiary alicyclic amines) is 2. The second kappa shape index (κ2) is 14.2. The molecule has 1 aromatic heterocycles. The van der Waals surface area contributed by atoms with E-state index < -0.39 is 0 Å². The summed E-state index contributed by atoms with van der Waals surface area (Å²) in [5.74, 6) is 1.30. The highest BCUT2D eigenvalue weighted by Crippen LogP contribution is 2.26. The first-order valence-corrected chi connectivity index (χ1v) is 15.0. The van der Waals surface area contributed by atoms with E-state index in [1.54, 1.807) is 31.0 Å². The van der Waals surface area contributed by atoms with Gasteiger partial charge in [-0.2, -0.15) is 0 Å². The number of anilines is 1. The monoisotopic (exact) mass is 578 g/mol. The Kier molecular flexibility index (Phi) is 10.1. The lowest BCUT2D eigenvalue weighted by molar-refractivity contribution is 0.0689. The number of aromatic nitrogens is 4. The summed E-state index contributed by atoms with van der Waals surface area (Å²) >= 11 is 0. The SMILES string of the molecule is COCCN1CC[C@@H](NC(=O)Nc2cc(C)cc(-c3nnnn3C)c2)[C@H](CN2CCC[C@@H](Cc3ccc(F)cc3)C2)C1. The Morgan fingerprint density at radius 3 is 2.69 bits per heavy atom. The highest BCUT2D eigenvalue weighted by atomic mass is 19.1. The van der Waals surface area contributed by atoms with Crippen LogP contribution in [-0.4, -0.2) is 95.1 Å². The van der Waals surface area contributed by atoms with Gasteiger partial charge >= 0.3 is 6.03 Å². The Morgan fingerprint density at radius 2 is 1.93 bits per heavy atom. The summed E-state index contributed by atoms with van der Waals surface area (Å²) < 4.78 is 20.4. The normalized spacial score (nSPS) is 21.8. The number of ether oxygens (including phenoxy) is 1. The molecule has 42 heavy (non-hydrogen) atoms. The van der Waals surface area contributed by atoms with E-state index in [0.29, 0.717) is 30.0 Å². The van der Waals surface area contributed by atoms with E-state index in [0.717, 1.165) is 69.7 Å². The maximum atomic E-state index is 13.4. The van der Waals surface area contributed by atoms with Crippen molar-refractivity contribution in [3.8, 4) is 11.4 Å². The maximum absolute atomic E-state index is 13.4. The van der Waals surface area contributed by atoms with Gasteiger partial charge in [-0.25, -0.2) is 13.9 Å². The van der Waals surface area contributed by atoms with Crippen LogP contribution in [0.3, 0.4) is 0 Å². The van der Waals surface area contributed by atoms with Gasteiger partial charge < -0.3 is 25.2 Å². The molecule has 226 valence electrons. The zero-order valence-electron chi connectivity index (χ0n) is 24.9. The van der Waals surface area contributed by atoms with Gasteiger partial charge in [0, 0.05) is 70.1 Å². The van der Waals surface area contributed by atoms with Crippen molar-refractivity contribution in [2.24, 2.45) is 18.9 Å². The third kappa shape index (κ3) is 8.11. The number of halogens is 1. The molecule has 11 heteroatoms. The summed E-state index contributed by atoms with van der Waals surface area (Å²) in [7, 11) is 3.53. The molecular weight excluding hydrogens is 535 g/mol. The number of methoxy groups -OCH3 is 1. The maximum Gasteiger partial charge on any atom is 0.319 e. The lowest BCUT2D eigenvalue weighted by Gasteiger charge is -2.42. The molecule has 3 atom stereocenters. The van der Waals surface area contributed by atoms with Crippen molar-refractivity contribution in [2.75, 3.05) is 58.3 Å². The Morgan fingerprint density at radius 1 is 1.10 bits per heavy atom. The summed E-state index contributed by atoms with van der Waals surface area (Å²) in [6.07, 6.45) is 4.19. The molecule has 2 N–H and O–H groups in total. The molecule has 3 heterocycles. The number of carbonyl (C=O) groups is 1. The molecule has 0 spiro atoms. The van der Waals surface area contributed by atoms with E-state index in [4.69, 9.17) is 4.74 Å². The minimum Gasteiger partial charge on any atom is -0.383 e. The molecule has 0 saturated carbocycles. The van der Waals surface area contributed by atoms with E-state index in [1.165, 1.54) is 12.0 Å². The van der Waals surface area contributed by atoms with Crippen molar-refractivity contribution < 1.29 is 13.9 Å². The molecule has 10 nitrogen and oxygen atoms in total. The lowest BCUT2D eigenvalue weighted by atomic mass is 9.88. The number of tetrazole rings is 1. The Bertz CT molecular complexity index is 1320. The molecule has 3 aromatic rings. The average Bonchev–Trinajstić information content (AvgIpc) is 3.40. The van der Waals surface area contributed by atoms with Crippen molar-refractivity contribution in [3.05, 3.63) is 59.4 Å². The van der Waals surface area contributed by atoms with Crippen LogP contribution >= 0.6 is 0 Å². The van der Waals surface area contributed by atoms with Crippen molar-refractivity contribution in [3.63, 3.8) is 0 Å². The number of hydrogen-bond donors (Lipinski definition) is 2. The van der Waals surface area contributed by atoms with Gasteiger partial charge in [0.2, 0.25) is 0 Å². The molecule has 0 unspecified atom stereocenters. The van der Waals surface area contributed by atoms with Crippen LogP contribution in [0, 0.1) is 24.6 Å². The van der Waals surface area contributed by atoms with Gasteiger partial charge in [0.15, 0.2) is 5.82 Å². The van der Waals surface area contributed by atoms with Crippen molar-refractivity contribution >= 4 is 11.7 Å². The van der Waals surface area contributed by atoms with Crippen LogP contribution in [0.25, 0.3) is 11.4 Å². The molecule has 2 aliphatic heterocycles. The fraction of sp³-hybridized carbons (Fsp3) is 0.548. The van der Waals surface area contributed by atoms with E-state index in [1.807, 2.05) is 37.3 Å². The van der Waals surface area contributed by atoms with Crippen LogP contribution < -0.4 is 10.6 Å². The molecule has 0 radical (unpaired) electrons. The largest absolute Gasteiger partial charge is 0.383 e. The first kappa shape index (κ1) is 30.1. The highest BCUT2D eigenvalue weighted by molar-refractivity contribution is 5.90. The number of nitrogens with one attached hydrogen (secondary N) is 2. The zero-order chi connectivity index (χ0) is 29.5. The van der Waals surface area contributed by atoms with E-state index in [2.05, 4.69) is 36.0 Å². The highest BCUT2D eigenvalue weighted by Gasteiger charge is 2.33. The van der Waals surface area contributed by atoms with Gasteiger partial charge in [0.05, 0.1) is 6.61 Å².